The second kappa shape index (κ2) is 16.2. The molecule has 0 spiro atoms. The molecule has 5 aromatic rings. The molecule has 0 radical (unpaired) electrons. The van der Waals surface area contributed by atoms with Crippen molar-refractivity contribution in [3.05, 3.63) is 173 Å². The number of hydrogen-bond acceptors (Lipinski definition) is 2. The third-order valence-corrected chi connectivity index (χ3v) is 10.9. The van der Waals surface area contributed by atoms with E-state index < -0.39 is 0 Å². The molecule has 1 aromatic heterocycles. The third kappa shape index (κ3) is 7.34. The molecule has 0 saturated carbocycles. The van der Waals surface area contributed by atoms with Crippen LogP contribution in [0.3, 0.4) is 0 Å². The van der Waals surface area contributed by atoms with E-state index in [-0.39, 0.29) is 0 Å². The number of aromatic nitrogens is 1. The van der Waals surface area contributed by atoms with Gasteiger partial charge in [-0.3, -0.25) is 0 Å². The molecule has 0 fully saturated rings. The minimum atomic E-state index is 1.01. The van der Waals surface area contributed by atoms with Crippen molar-refractivity contribution in [1.82, 2.24) is 0 Å². The first kappa shape index (κ1) is 33.6. The third-order valence-electron chi connectivity index (χ3n) is 9.72. The predicted octanol–water partition coefficient (Wildman–Crippen LogP) is 12.5. The van der Waals surface area contributed by atoms with E-state index in [1.807, 2.05) is 11.8 Å². The van der Waals surface area contributed by atoms with Crippen LogP contribution in [0.2, 0.25) is 0 Å². The molecule has 0 amide bonds. The molecule has 2 aliphatic rings. The van der Waals surface area contributed by atoms with Gasteiger partial charge in [-0.05, 0) is 89.2 Å². The van der Waals surface area contributed by atoms with E-state index >= 15 is 0 Å². The van der Waals surface area contributed by atoms with Gasteiger partial charge in [0.1, 0.15) is 6.54 Å². The summed E-state index contributed by atoms with van der Waals surface area (Å²) in [4.78, 5) is 5.04. The lowest BCUT2D eigenvalue weighted by molar-refractivity contribution is -0.673. The molecule has 0 bridgehead atoms. The van der Waals surface area contributed by atoms with Gasteiger partial charge in [0.15, 0.2) is 0 Å². The van der Waals surface area contributed by atoms with E-state index in [0.29, 0.717) is 0 Å². The molecule has 2 heterocycles. The second-order valence-electron chi connectivity index (χ2n) is 13.1. The van der Waals surface area contributed by atoms with Crippen LogP contribution in [0, 0.1) is 0 Å². The van der Waals surface area contributed by atoms with Gasteiger partial charge in [0, 0.05) is 57.7 Å². The number of para-hydroxylation sites is 2. The minimum absolute atomic E-state index is 1.01. The quantitative estimate of drug-likeness (QED) is 0.0908. The van der Waals surface area contributed by atoms with Crippen molar-refractivity contribution in [3.8, 4) is 0 Å². The Morgan fingerprint density at radius 3 is 2.24 bits per heavy atom. The fourth-order valence-corrected chi connectivity index (χ4v) is 8.22. The SMILES string of the molecule is CCCCCN1C(=CC=C2C(Sc3ccccc3)=C(C=Cc3ccc4ccccc4[n+]3CCCCC)c3ccccc32)C=Cc2ccccc21. The van der Waals surface area contributed by atoms with Gasteiger partial charge < -0.3 is 4.90 Å². The van der Waals surface area contributed by atoms with E-state index in [1.54, 1.807) is 0 Å². The number of unbranched alkanes of at least 4 members (excludes halogenated alkanes) is 4. The number of anilines is 1. The molecule has 4 aromatic carbocycles. The Bertz CT molecular complexity index is 2110. The monoisotopic (exact) mass is 671 g/mol. The second-order valence-corrected chi connectivity index (χ2v) is 14.2. The smallest absolute Gasteiger partial charge is 0.212 e. The van der Waals surface area contributed by atoms with Gasteiger partial charge in [-0.15, -0.1) is 0 Å². The summed E-state index contributed by atoms with van der Waals surface area (Å²) in [6.45, 7) is 6.58. The Labute approximate surface area is 302 Å². The van der Waals surface area contributed by atoms with Crippen molar-refractivity contribution in [2.24, 2.45) is 0 Å². The Morgan fingerprint density at radius 1 is 0.640 bits per heavy atom. The fourth-order valence-electron chi connectivity index (χ4n) is 7.11. The summed E-state index contributed by atoms with van der Waals surface area (Å²) in [6, 6.07) is 41.9. The van der Waals surface area contributed by atoms with Crippen LogP contribution in [0.25, 0.3) is 34.2 Å². The molecule has 2 nitrogen and oxygen atoms in total. The normalized spacial score (nSPS) is 15.5. The van der Waals surface area contributed by atoms with E-state index in [0.717, 1.165) is 13.1 Å². The highest BCUT2D eigenvalue weighted by molar-refractivity contribution is 8.04. The highest BCUT2D eigenvalue weighted by Gasteiger charge is 2.26. The van der Waals surface area contributed by atoms with Crippen LogP contribution in [0.1, 0.15) is 74.8 Å². The van der Waals surface area contributed by atoms with Crippen LogP contribution in [0.4, 0.5) is 5.69 Å². The molecule has 1 aliphatic carbocycles. The number of allylic oxidation sites excluding steroid dienone is 6. The Kier molecular flexibility index (Phi) is 10.9. The number of nitrogens with zero attached hydrogens (tertiary/aromatic N) is 2. The molecule has 0 unspecified atom stereocenters. The van der Waals surface area contributed by atoms with Crippen molar-refractivity contribution >= 4 is 51.7 Å². The lowest BCUT2D eigenvalue weighted by atomic mass is 10.0. The average Bonchev–Trinajstić information content (AvgIpc) is 3.45. The first-order chi connectivity index (χ1) is 24.7. The van der Waals surface area contributed by atoms with Gasteiger partial charge >= 0.3 is 0 Å². The zero-order chi connectivity index (χ0) is 34.1. The van der Waals surface area contributed by atoms with Gasteiger partial charge in [-0.2, -0.15) is 4.57 Å². The summed E-state index contributed by atoms with van der Waals surface area (Å²) in [7, 11) is 0. The number of thioether (sulfide) groups is 1. The van der Waals surface area contributed by atoms with E-state index in [4.69, 9.17) is 0 Å². The standard InChI is InChI=1S/C47H47N2S/c1-3-5-16-34-48-38(28-26-36-18-10-14-24-45(36)48)30-32-43-41-22-12-13-23-42(41)44(47(43)50-40-20-8-7-9-21-40)33-31-39-29-27-37-19-11-15-25-46(37)49(39)35-17-6-4-2/h7-15,18-33H,3-6,16-17,34-35H2,1-2H3/q+1. The van der Waals surface area contributed by atoms with Gasteiger partial charge in [-0.1, -0.05) is 130 Å². The zero-order valence-corrected chi connectivity index (χ0v) is 30.2. The summed E-state index contributed by atoms with van der Waals surface area (Å²) < 4.78 is 2.51. The summed E-state index contributed by atoms with van der Waals surface area (Å²) >= 11 is 1.87. The Morgan fingerprint density at radius 2 is 1.38 bits per heavy atom. The van der Waals surface area contributed by atoms with E-state index in [9.17, 15) is 0 Å². The molecular weight excluding hydrogens is 625 g/mol. The largest absolute Gasteiger partial charge is 0.341 e. The van der Waals surface area contributed by atoms with Crippen molar-refractivity contribution in [2.45, 2.75) is 63.8 Å². The molecule has 0 atom stereocenters. The molecule has 50 heavy (non-hydrogen) atoms. The van der Waals surface area contributed by atoms with E-state index in [1.165, 1.54) is 104 Å². The topological polar surface area (TPSA) is 7.12 Å². The highest BCUT2D eigenvalue weighted by Crippen LogP contribution is 2.49. The maximum Gasteiger partial charge on any atom is 0.212 e. The van der Waals surface area contributed by atoms with Crippen molar-refractivity contribution in [3.63, 3.8) is 0 Å². The average molecular weight is 672 g/mol. The van der Waals surface area contributed by atoms with Gasteiger partial charge in [0.25, 0.3) is 0 Å². The molecule has 0 N–H and O–H groups in total. The first-order valence-corrected chi connectivity index (χ1v) is 19.2. The van der Waals surface area contributed by atoms with Crippen molar-refractivity contribution in [1.29, 1.82) is 0 Å². The van der Waals surface area contributed by atoms with Crippen LogP contribution in [0.5, 0.6) is 0 Å². The van der Waals surface area contributed by atoms with Crippen LogP contribution < -0.4 is 9.47 Å². The summed E-state index contributed by atoms with van der Waals surface area (Å²) in [5.74, 6) is 0. The maximum absolute atomic E-state index is 2.51. The molecular formula is C47H47N2S+. The fraction of sp³-hybridized carbons (Fsp3) is 0.213. The van der Waals surface area contributed by atoms with Gasteiger partial charge in [0.05, 0.1) is 0 Å². The summed E-state index contributed by atoms with van der Waals surface area (Å²) in [5.41, 5.74) is 11.5. The number of fused-ring (bicyclic) bond motifs is 3. The van der Waals surface area contributed by atoms with Gasteiger partial charge in [0.2, 0.25) is 11.2 Å². The molecule has 3 heteroatoms. The number of hydrogen-bond donors (Lipinski definition) is 0. The Hall–Kier alpha value is -4.86. The number of benzene rings is 4. The molecule has 7 rings (SSSR count). The highest BCUT2D eigenvalue weighted by atomic mass is 32.2. The number of aryl methyl sites for hydroxylation is 1. The Balaban J connectivity index is 1.34. The van der Waals surface area contributed by atoms with Crippen LogP contribution in [-0.4, -0.2) is 6.54 Å². The minimum Gasteiger partial charge on any atom is -0.341 e. The van der Waals surface area contributed by atoms with Gasteiger partial charge in [-0.25, -0.2) is 0 Å². The maximum atomic E-state index is 2.51. The predicted molar refractivity (Wildman–Crippen MR) is 217 cm³/mol. The number of pyridine rings is 1. The first-order valence-electron chi connectivity index (χ1n) is 18.4. The van der Waals surface area contributed by atoms with Crippen LogP contribution in [-0.2, 0) is 6.54 Å². The molecule has 0 saturated heterocycles. The lowest BCUT2D eigenvalue weighted by Gasteiger charge is -2.30. The van der Waals surface area contributed by atoms with Crippen molar-refractivity contribution in [2.75, 3.05) is 11.4 Å². The van der Waals surface area contributed by atoms with Crippen LogP contribution in [0.15, 0.2) is 155 Å². The summed E-state index contributed by atoms with van der Waals surface area (Å²) in [6.07, 6.45) is 21.2. The van der Waals surface area contributed by atoms with Crippen LogP contribution >= 0.6 is 11.8 Å². The number of rotatable bonds is 13. The molecule has 1 aliphatic heterocycles. The lowest BCUT2D eigenvalue weighted by Crippen LogP contribution is -2.38. The molecule has 250 valence electrons. The van der Waals surface area contributed by atoms with E-state index in [2.05, 4.69) is 175 Å². The summed E-state index contributed by atoms with van der Waals surface area (Å²) in [5, 5.41) is 1.29. The zero-order valence-electron chi connectivity index (χ0n) is 29.4. The van der Waals surface area contributed by atoms with Crippen molar-refractivity contribution < 1.29 is 4.57 Å².